The summed E-state index contributed by atoms with van der Waals surface area (Å²) < 4.78 is 8.72. The Morgan fingerprint density at radius 3 is 1.26 bits per heavy atom. The van der Waals surface area contributed by atoms with Gasteiger partial charge in [0.15, 0.2) is 22.3 Å². The van der Waals surface area contributed by atoms with Gasteiger partial charge in [-0.1, -0.05) is 32.1 Å². The molecule has 4 aromatic rings. The smallest absolute Gasteiger partial charge is 0.325 e. The van der Waals surface area contributed by atoms with Crippen LogP contribution in [0.3, 0.4) is 0 Å². The number of aryl methyl sites for hydroxylation is 4. The Labute approximate surface area is 200 Å². The van der Waals surface area contributed by atoms with E-state index in [0.717, 1.165) is 54.1 Å². The predicted molar refractivity (Wildman–Crippen MR) is 133 cm³/mol. The Morgan fingerprint density at radius 2 is 0.886 bits per heavy atom. The normalized spacial score (nSPS) is 11.8. The molecule has 4 heterocycles. The van der Waals surface area contributed by atoms with Gasteiger partial charge in [0.25, 0.3) is 11.1 Å². The second-order valence-corrected chi connectivity index (χ2v) is 9.11. The third-order valence-electron chi connectivity index (χ3n) is 6.73. The maximum absolute atomic E-state index is 12.5. The van der Waals surface area contributed by atoms with Crippen LogP contribution in [0.15, 0.2) is 31.8 Å². The number of hydrogen-bond acceptors (Lipinski definition) is 6. The summed E-state index contributed by atoms with van der Waals surface area (Å²) in [5.74, 6) is 0. The van der Waals surface area contributed by atoms with E-state index in [9.17, 15) is 19.2 Å². The molecule has 0 fully saturated rings. The molecule has 0 aliphatic heterocycles. The van der Waals surface area contributed by atoms with E-state index in [1.165, 1.54) is 23.2 Å². The minimum absolute atomic E-state index is 0.314. The largest absolute Gasteiger partial charge is 0.332 e. The van der Waals surface area contributed by atoms with Crippen molar-refractivity contribution >= 4 is 22.3 Å². The molecule has 0 unspecified atom stereocenters. The van der Waals surface area contributed by atoms with E-state index >= 15 is 0 Å². The minimum Gasteiger partial charge on any atom is -0.325 e. The van der Waals surface area contributed by atoms with Crippen molar-refractivity contribution < 1.29 is 0 Å². The molecule has 35 heavy (non-hydrogen) atoms. The van der Waals surface area contributed by atoms with Crippen LogP contribution in [0.1, 0.15) is 44.9 Å². The highest BCUT2D eigenvalue weighted by molar-refractivity contribution is 5.70. The fraction of sp³-hybridized carbons (Fsp3) is 0.565. The third-order valence-corrected chi connectivity index (χ3v) is 6.73. The lowest BCUT2D eigenvalue weighted by atomic mass is 10.1. The fourth-order valence-corrected chi connectivity index (χ4v) is 4.58. The summed E-state index contributed by atoms with van der Waals surface area (Å²) in [4.78, 5) is 57.6. The number of hydrogen-bond donors (Lipinski definition) is 0. The van der Waals surface area contributed by atoms with Crippen molar-refractivity contribution in [2.45, 2.75) is 58.0 Å². The number of fused-ring (bicyclic) bond motifs is 2. The topological polar surface area (TPSA) is 124 Å². The van der Waals surface area contributed by atoms with Gasteiger partial charge in [-0.05, 0) is 12.8 Å². The van der Waals surface area contributed by atoms with Gasteiger partial charge in [-0.25, -0.2) is 19.6 Å². The number of aromatic nitrogens is 8. The van der Waals surface area contributed by atoms with E-state index in [-0.39, 0.29) is 22.5 Å². The first-order chi connectivity index (χ1) is 16.7. The van der Waals surface area contributed by atoms with Crippen LogP contribution in [0.25, 0.3) is 22.3 Å². The SMILES string of the molecule is Cn1c(=O)c2c(ncn2CCCCCCCCCn2cnc3c2c(=O)n(C)c(=O)n3C)n(C)c1=O. The van der Waals surface area contributed by atoms with E-state index in [4.69, 9.17) is 0 Å². The van der Waals surface area contributed by atoms with Gasteiger partial charge in [0, 0.05) is 41.3 Å². The maximum Gasteiger partial charge on any atom is 0.332 e. The highest BCUT2D eigenvalue weighted by Gasteiger charge is 2.15. The number of imidazole rings is 2. The monoisotopic (exact) mass is 484 g/mol. The highest BCUT2D eigenvalue weighted by atomic mass is 16.2. The van der Waals surface area contributed by atoms with Crippen molar-refractivity contribution in [3.8, 4) is 0 Å². The molecule has 4 rings (SSSR count). The molecule has 0 bridgehead atoms. The molecule has 0 spiro atoms. The van der Waals surface area contributed by atoms with Crippen molar-refractivity contribution in [3.05, 3.63) is 54.3 Å². The first-order valence-electron chi connectivity index (χ1n) is 12.0. The number of rotatable bonds is 10. The maximum atomic E-state index is 12.5. The molecule has 188 valence electrons. The molecule has 0 radical (unpaired) electrons. The van der Waals surface area contributed by atoms with Gasteiger partial charge in [-0.15, -0.1) is 0 Å². The van der Waals surface area contributed by atoms with Crippen molar-refractivity contribution in [1.29, 1.82) is 0 Å². The molecule has 12 nitrogen and oxygen atoms in total. The summed E-state index contributed by atoms with van der Waals surface area (Å²) in [5.41, 5.74) is 0.405. The van der Waals surface area contributed by atoms with E-state index in [1.54, 1.807) is 26.7 Å². The molecule has 0 atom stereocenters. The molecule has 0 aliphatic rings. The zero-order valence-corrected chi connectivity index (χ0v) is 20.7. The predicted octanol–water partition coefficient (Wildman–Crippen LogP) is 0.612. The van der Waals surface area contributed by atoms with Crippen molar-refractivity contribution in [2.75, 3.05) is 0 Å². The van der Waals surface area contributed by atoms with E-state index in [0.29, 0.717) is 35.4 Å². The summed E-state index contributed by atoms with van der Waals surface area (Å²) in [6, 6.07) is 0. The molecule has 0 N–H and O–H groups in total. The van der Waals surface area contributed by atoms with Gasteiger partial charge in [-0.2, -0.15) is 0 Å². The average molecular weight is 485 g/mol. The molecule has 0 aliphatic carbocycles. The van der Waals surface area contributed by atoms with Crippen LogP contribution in [-0.2, 0) is 41.3 Å². The lowest BCUT2D eigenvalue weighted by Gasteiger charge is -2.07. The second kappa shape index (κ2) is 9.88. The Bertz CT molecular complexity index is 1490. The van der Waals surface area contributed by atoms with Gasteiger partial charge in [0.2, 0.25) is 0 Å². The Hall–Kier alpha value is -3.70. The first-order valence-corrected chi connectivity index (χ1v) is 12.0. The Balaban J connectivity index is 1.21. The summed E-state index contributed by atoms with van der Waals surface area (Å²) in [6.45, 7) is 1.38. The first kappa shape index (κ1) is 24.4. The van der Waals surface area contributed by atoms with E-state index in [1.807, 2.05) is 9.13 Å². The third kappa shape index (κ3) is 4.40. The highest BCUT2D eigenvalue weighted by Crippen LogP contribution is 2.12. The van der Waals surface area contributed by atoms with Gasteiger partial charge >= 0.3 is 11.4 Å². The van der Waals surface area contributed by atoms with Crippen molar-refractivity contribution in [3.63, 3.8) is 0 Å². The van der Waals surface area contributed by atoms with Crippen LogP contribution < -0.4 is 22.5 Å². The zero-order valence-electron chi connectivity index (χ0n) is 20.7. The Morgan fingerprint density at radius 1 is 0.543 bits per heavy atom. The van der Waals surface area contributed by atoms with Gasteiger partial charge < -0.3 is 9.13 Å². The standard InChI is InChI=1S/C23H32N8O4/c1-26-18-16(20(32)28(3)22(26)34)30(14-24-18)12-10-8-6-5-7-9-11-13-31-15-25-19-17(31)21(33)29(4)23(35)27(19)2/h14-15H,5-13H2,1-4H3. The van der Waals surface area contributed by atoms with Crippen LogP contribution in [0, 0.1) is 0 Å². The van der Waals surface area contributed by atoms with Crippen LogP contribution in [-0.4, -0.2) is 37.4 Å². The van der Waals surface area contributed by atoms with Crippen LogP contribution in [0.4, 0.5) is 0 Å². The number of unbranched alkanes of at least 4 members (excludes halogenated alkanes) is 6. The van der Waals surface area contributed by atoms with Gasteiger partial charge in [0.1, 0.15) is 0 Å². The lowest BCUT2D eigenvalue weighted by molar-refractivity contribution is 0.532. The molecule has 0 amide bonds. The van der Waals surface area contributed by atoms with Gasteiger partial charge in [-0.3, -0.25) is 27.9 Å². The molecule has 12 heteroatoms. The minimum atomic E-state index is -0.373. The van der Waals surface area contributed by atoms with Crippen LogP contribution in [0.5, 0.6) is 0 Å². The molecular formula is C23H32N8O4. The molecule has 0 saturated carbocycles. The molecule has 4 aromatic heterocycles. The fourth-order valence-electron chi connectivity index (χ4n) is 4.58. The molecule has 0 saturated heterocycles. The van der Waals surface area contributed by atoms with Crippen LogP contribution >= 0.6 is 0 Å². The molecular weight excluding hydrogens is 452 g/mol. The molecule has 0 aromatic carbocycles. The summed E-state index contributed by atoms with van der Waals surface area (Å²) in [7, 11) is 6.22. The van der Waals surface area contributed by atoms with Crippen molar-refractivity contribution in [1.82, 2.24) is 37.4 Å². The summed E-state index contributed by atoms with van der Waals surface area (Å²) >= 11 is 0. The quantitative estimate of drug-likeness (QED) is 0.304. The summed E-state index contributed by atoms with van der Waals surface area (Å²) in [5, 5.41) is 0. The van der Waals surface area contributed by atoms with Crippen molar-refractivity contribution in [2.24, 2.45) is 28.2 Å². The lowest BCUT2D eigenvalue weighted by Crippen LogP contribution is -2.37. The second-order valence-electron chi connectivity index (χ2n) is 9.11. The average Bonchev–Trinajstić information content (AvgIpc) is 3.47. The zero-order chi connectivity index (χ0) is 25.3. The van der Waals surface area contributed by atoms with Gasteiger partial charge in [0.05, 0.1) is 12.7 Å². The Kier molecular flexibility index (Phi) is 6.90. The summed E-state index contributed by atoms with van der Waals surface area (Å²) in [6.07, 6.45) is 10.5. The number of nitrogens with zero attached hydrogens (tertiary/aromatic N) is 8. The van der Waals surface area contributed by atoms with E-state index < -0.39 is 0 Å². The van der Waals surface area contributed by atoms with Crippen LogP contribution in [0.2, 0.25) is 0 Å². The van der Waals surface area contributed by atoms with E-state index in [2.05, 4.69) is 9.97 Å².